The van der Waals surface area contributed by atoms with E-state index in [1.807, 2.05) is 100 Å². The summed E-state index contributed by atoms with van der Waals surface area (Å²) in [5, 5.41) is 12.7. The Morgan fingerprint density at radius 1 is 0.861 bits per heavy atom. The number of nitrogens with one attached hydrogen (secondary N) is 1. The molecule has 0 spiro atoms. The van der Waals surface area contributed by atoms with Crippen LogP contribution in [0.5, 0.6) is 0 Å². The van der Waals surface area contributed by atoms with E-state index in [4.69, 9.17) is 9.31 Å². The Balaban J connectivity index is 1.32. The van der Waals surface area contributed by atoms with Crippen LogP contribution in [0, 0.1) is 0 Å². The van der Waals surface area contributed by atoms with Crippen LogP contribution < -0.4 is 10.8 Å². The molecule has 2 N–H and O–H groups in total. The number of fused-ring (bicyclic) bond motifs is 3. The van der Waals surface area contributed by atoms with E-state index in [0.717, 1.165) is 33.3 Å². The summed E-state index contributed by atoms with van der Waals surface area (Å²) in [6.45, 7) is 8.01. The predicted molar refractivity (Wildman–Crippen MR) is 139 cm³/mol. The number of carbonyl (C=O) groups is 2. The van der Waals surface area contributed by atoms with Crippen LogP contribution in [0.2, 0.25) is 0 Å². The number of amides is 1. The van der Waals surface area contributed by atoms with Gasteiger partial charge in [0.15, 0.2) is 0 Å². The molecule has 1 aliphatic carbocycles. The zero-order chi connectivity index (χ0) is 25.7. The van der Waals surface area contributed by atoms with Gasteiger partial charge >= 0.3 is 13.1 Å². The van der Waals surface area contributed by atoms with E-state index in [2.05, 4.69) is 5.32 Å². The number of aliphatic carboxylic acids is 1. The molecule has 3 aromatic rings. The fourth-order valence-corrected chi connectivity index (χ4v) is 4.92. The normalized spacial score (nSPS) is 18.4. The highest BCUT2D eigenvalue weighted by Gasteiger charge is 2.51. The number of carboxylic acid groups (broad SMARTS) is 1. The molecule has 7 heteroatoms. The Morgan fingerprint density at radius 2 is 1.36 bits per heavy atom. The van der Waals surface area contributed by atoms with Gasteiger partial charge in [0.2, 0.25) is 5.91 Å². The SMILES string of the molecule is CC1(C)OB(c2ccc(C[C@@H](NC(=O)C3c4ccccc4-c4ccccc43)C(=O)O)cc2)OC1(C)C. The van der Waals surface area contributed by atoms with Crippen molar-refractivity contribution in [1.29, 1.82) is 0 Å². The monoisotopic (exact) mass is 483 g/mol. The van der Waals surface area contributed by atoms with Crippen LogP contribution in [0.15, 0.2) is 72.8 Å². The van der Waals surface area contributed by atoms with Crippen molar-refractivity contribution in [3.05, 3.63) is 89.5 Å². The molecular weight excluding hydrogens is 453 g/mol. The number of benzene rings is 3. The standard InChI is InChI=1S/C29H30BNO5/c1-28(2)29(3,4)36-30(35-28)19-15-13-18(14-16-19)17-24(27(33)34)31-26(32)25-22-11-7-5-9-20(22)21-10-6-8-12-23(21)25/h5-16,24-25H,17H2,1-4H3,(H,31,32)(H,33,34)/t24-/m1/s1. The van der Waals surface area contributed by atoms with Crippen molar-refractivity contribution in [3.8, 4) is 11.1 Å². The van der Waals surface area contributed by atoms with Gasteiger partial charge in [-0.25, -0.2) is 4.79 Å². The van der Waals surface area contributed by atoms with E-state index in [-0.39, 0.29) is 12.3 Å². The number of carbonyl (C=O) groups excluding carboxylic acids is 1. The number of hydrogen-bond donors (Lipinski definition) is 2. The van der Waals surface area contributed by atoms with E-state index in [9.17, 15) is 14.7 Å². The molecule has 2 aliphatic rings. The number of hydrogen-bond acceptors (Lipinski definition) is 4. The molecule has 1 atom stereocenters. The summed E-state index contributed by atoms with van der Waals surface area (Å²) >= 11 is 0. The first-order valence-electron chi connectivity index (χ1n) is 12.2. The van der Waals surface area contributed by atoms with Crippen molar-refractivity contribution >= 4 is 24.5 Å². The highest BCUT2D eigenvalue weighted by atomic mass is 16.7. The van der Waals surface area contributed by atoms with E-state index < -0.39 is 36.2 Å². The number of carboxylic acids is 1. The summed E-state index contributed by atoms with van der Waals surface area (Å²) in [5.41, 5.74) is 4.61. The van der Waals surface area contributed by atoms with Gasteiger partial charge in [0.1, 0.15) is 6.04 Å². The highest BCUT2D eigenvalue weighted by molar-refractivity contribution is 6.62. The van der Waals surface area contributed by atoms with Gasteiger partial charge in [-0.05, 0) is 61.0 Å². The summed E-state index contributed by atoms with van der Waals surface area (Å²) in [7, 11) is -0.485. The summed E-state index contributed by atoms with van der Waals surface area (Å²) < 4.78 is 12.2. The first-order chi connectivity index (χ1) is 17.1. The molecule has 0 radical (unpaired) electrons. The Kier molecular flexibility index (Phi) is 6.01. The van der Waals surface area contributed by atoms with Crippen molar-refractivity contribution in [3.63, 3.8) is 0 Å². The maximum atomic E-state index is 13.4. The van der Waals surface area contributed by atoms with Crippen molar-refractivity contribution in [2.45, 2.75) is 57.3 Å². The maximum absolute atomic E-state index is 13.4. The second kappa shape index (κ2) is 8.91. The van der Waals surface area contributed by atoms with Crippen LogP contribution in [-0.4, -0.2) is 41.3 Å². The number of rotatable bonds is 6. The van der Waals surface area contributed by atoms with Crippen molar-refractivity contribution < 1.29 is 24.0 Å². The molecule has 0 bridgehead atoms. The fraction of sp³-hybridized carbons (Fsp3) is 0.310. The van der Waals surface area contributed by atoms with Gasteiger partial charge in [-0.1, -0.05) is 72.8 Å². The quantitative estimate of drug-likeness (QED) is 0.520. The average molecular weight is 483 g/mol. The molecule has 1 heterocycles. The molecule has 5 rings (SSSR count). The molecule has 36 heavy (non-hydrogen) atoms. The first-order valence-corrected chi connectivity index (χ1v) is 12.2. The molecule has 0 aromatic heterocycles. The van der Waals surface area contributed by atoms with Gasteiger partial charge in [-0.15, -0.1) is 0 Å². The summed E-state index contributed by atoms with van der Waals surface area (Å²) in [4.78, 5) is 25.5. The van der Waals surface area contributed by atoms with Crippen molar-refractivity contribution in [2.24, 2.45) is 0 Å². The molecule has 0 unspecified atom stereocenters. The fourth-order valence-electron chi connectivity index (χ4n) is 4.92. The first kappa shape index (κ1) is 24.3. The lowest BCUT2D eigenvalue weighted by Crippen LogP contribution is -2.44. The summed E-state index contributed by atoms with van der Waals surface area (Å²) in [6, 6.07) is 22.0. The summed E-state index contributed by atoms with van der Waals surface area (Å²) in [5.74, 6) is -1.92. The third-order valence-electron chi connectivity index (χ3n) is 7.66. The van der Waals surface area contributed by atoms with Crippen LogP contribution in [0.1, 0.15) is 50.3 Å². The third-order valence-corrected chi connectivity index (χ3v) is 7.66. The third kappa shape index (κ3) is 4.23. The van der Waals surface area contributed by atoms with Gasteiger partial charge in [0.05, 0.1) is 17.1 Å². The van der Waals surface area contributed by atoms with Crippen LogP contribution in [0.4, 0.5) is 0 Å². The topological polar surface area (TPSA) is 84.9 Å². The lowest BCUT2D eigenvalue weighted by Gasteiger charge is -2.32. The lowest BCUT2D eigenvalue weighted by atomic mass is 9.78. The van der Waals surface area contributed by atoms with E-state index >= 15 is 0 Å². The van der Waals surface area contributed by atoms with Gasteiger partial charge in [0, 0.05) is 6.42 Å². The molecule has 1 saturated heterocycles. The maximum Gasteiger partial charge on any atom is 0.494 e. The molecule has 0 saturated carbocycles. The Bertz CT molecular complexity index is 1260. The Hall–Kier alpha value is -3.42. The average Bonchev–Trinajstić information content (AvgIpc) is 3.29. The lowest BCUT2D eigenvalue weighted by molar-refractivity contribution is -0.141. The van der Waals surface area contributed by atoms with Crippen LogP contribution in [0.25, 0.3) is 11.1 Å². The van der Waals surface area contributed by atoms with Crippen molar-refractivity contribution in [2.75, 3.05) is 0 Å². The summed E-state index contributed by atoms with van der Waals surface area (Å²) in [6.07, 6.45) is 0.167. The van der Waals surface area contributed by atoms with Gasteiger partial charge in [-0.3, -0.25) is 4.79 Å². The Labute approximate surface area is 211 Å². The van der Waals surface area contributed by atoms with Crippen molar-refractivity contribution in [1.82, 2.24) is 5.32 Å². The molecule has 6 nitrogen and oxygen atoms in total. The zero-order valence-electron chi connectivity index (χ0n) is 20.9. The molecule has 1 fully saturated rings. The van der Waals surface area contributed by atoms with Crippen LogP contribution >= 0.6 is 0 Å². The van der Waals surface area contributed by atoms with Crippen LogP contribution in [-0.2, 0) is 25.3 Å². The van der Waals surface area contributed by atoms with Gasteiger partial charge < -0.3 is 19.7 Å². The molecule has 3 aromatic carbocycles. The van der Waals surface area contributed by atoms with E-state index in [1.165, 1.54) is 0 Å². The Morgan fingerprint density at radius 3 is 1.86 bits per heavy atom. The molecule has 184 valence electrons. The predicted octanol–water partition coefficient (Wildman–Crippen LogP) is 3.91. The van der Waals surface area contributed by atoms with E-state index in [1.54, 1.807) is 0 Å². The second-order valence-electron chi connectivity index (χ2n) is 10.5. The minimum Gasteiger partial charge on any atom is -0.480 e. The molecular formula is C29H30BNO5. The minimum absolute atomic E-state index is 0.167. The molecule has 1 aliphatic heterocycles. The molecule has 1 amide bonds. The second-order valence-corrected chi connectivity index (χ2v) is 10.5. The van der Waals surface area contributed by atoms with E-state index in [0.29, 0.717) is 0 Å². The van der Waals surface area contributed by atoms with Crippen LogP contribution in [0.3, 0.4) is 0 Å². The zero-order valence-corrected chi connectivity index (χ0v) is 20.9. The highest BCUT2D eigenvalue weighted by Crippen LogP contribution is 2.44. The smallest absolute Gasteiger partial charge is 0.480 e. The minimum atomic E-state index is -1.07. The van der Waals surface area contributed by atoms with Gasteiger partial charge in [0.25, 0.3) is 0 Å². The van der Waals surface area contributed by atoms with Gasteiger partial charge in [-0.2, -0.15) is 0 Å². The largest absolute Gasteiger partial charge is 0.494 e.